The van der Waals surface area contributed by atoms with Crippen LogP contribution >= 0.6 is 0 Å². The van der Waals surface area contributed by atoms with E-state index in [4.69, 9.17) is 0 Å². The summed E-state index contributed by atoms with van der Waals surface area (Å²) < 4.78 is 41.6. The Balaban J connectivity index is 1.28. The number of carbonyl (C=O) groups excluding carboxylic acids is 1. The van der Waals surface area contributed by atoms with Gasteiger partial charge >= 0.3 is 0 Å². The van der Waals surface area contributed by atoms with E-state index in [0.717, 1.165) is 44.4 Å². The number of aromatic nitrogens is 4. The molecule has 2 aliphatic rings. The Morgan fingerprint density at radius 1 is 1.03 bits per heavy atom. The van der Waals surface area contributed by atoms with Crippen molar-refractivity contribution in [2.45, 2.75) is 37.1 Å². The van der Waals surface area contributed by atoms with E-state index < -0.39 is 15.8 Å². The van der Waals surface area contributed by atoms with Gasteiger partial charge < -0.3 is 4.90 Å². The van der Waals surface area contributed by atoms with Crippen LogP contribution in [0.2, 0.25) is 0 Å². The summed E-state index contributed by atoms with van der Waals surface area (Å²) >= 11 is 0. The lowest BCUT2D eigenvalue weighted by atomic mass is 9.81. The molecule has 0 atom stereocenters. The number of halogens is 1. The maximum Gasteiger partial charge on any atom is 0.243 e. The highest BCUT2D eigenvalue weighted by Gasteiger charge is 2.34. The van der Waals surface area contributed by atoms with Gasteiger partial charge in [-0.1, -0.05) is 0 Å². The highest BCUT2D eigenvalue weighted by molar-refractivity contribution is 7.89. The van der Waals surface area contributed by atoms with Gasteiger partial charge in [-0.2, -0.15) is 4.31 Å². The average molecular weight is 437 g/mol. The van der Waals surface area contributed by atoms with Crippen LogP contribution in [0.15, 0.2) is 35.5 Å². The molecule has 0 radical (unpaired) electrons. The fourth-order valence-corrected chi connectivity index (χ4v) is 5.71. The number of sulfonamides is 1. The quantitative estimate of drug-likeness (QED) is 0.697. The summed E-state index contributed by atoms with van der Waals surface area (Å²) in [6.45, 7) is 2.03. The molecule has 9 nitrogen and oxygen atoms in total. The smallest absolute Gasteiger partial charge is 0.243 e. The molecule has 4 rings (SSSR count). The first kappa shape index (κ1) is 20.9. The van der Waals surface area contributed by atoms with Crippen LogP contribution in [-0.4, -0.2) is 69.9 Å². The molecule has 0 N–H and O–H groups in total. The standard InChI is InChI=1S/C19H25FN6O3S/c20-17-5-7-18(8-6-17)30(28,29)26-11-9-24(10-12-26)19(27)16-3-1-15(2-4-16)13-25-14-21-22-23-25/h5-8,14-16H,1-4,9-13H2. The number of amides is 1. The average Bonchev–Trinajstić information content (AvgIpc) is 3.27. The Bertz CT molecular complexity index is 951. The van der Waals surface area contributed by atoms with Crippen molar-refractivity contribution < 1.29 is 17.6 Å². The lowest BCUT2D eigenvalue weighted by Gasteiger charge is -2.37. The van der Waals surface area contributed by atoms with Crippen molar-refractivity contribution in [2.24, 2.45) is 11.8 Å². The van der Waals surface area contributed by atoms with E-state index in [2.05, 4.69) is 15.5 Å². The van der Waals surface area contributed by atoms with Crippen molar-refractivity contribution in [2.75, 3.05) is 26.2 Å². The number of rotatable bonds is 5. The van der Waals surface area contributed by atoms with E-state index in [1.165, 1.54) is 16.4 Å². The minimum absolute atomic E-state index is 0.00428. The number of benzene rings is 1. The molecule has 2 fully saturated rings. The SMILES string of the molecule is O=C(C1CCC(Cn2cnnn2)CC1)N1CCN(S(=O)(=O)c2ccc(F)cc2)CC1. The summed E-state index contributed by atoms with van der Waals surface area (Å²) in [6, 6.07) is 4.83. The first-order valence-electron chi connectivity index (χ1n) is 10.2. The molecule has 162 valence electrons. The van der Waals surface area contributed by atoms with Crippen LogP contribution in [0.4, 0.5) is 4.39 Å². The fraction of sp³-hybridized carbons (Fsp3) is 0.579. The largest absolute Gasteiger partial charge is 0.340 e. The fourth-order valence-electron chi connectivity index (χ4n) is 4.28. The molecule has 0 unspecified atom stereocenters. The normalized spacial score (nSPS) is 23.4. The van der Waals surface area contributed by atoms with Gasteiger partial charge in [0.05, 0.1) is 4.90 Å². The van der Waals surface area contributed by atoms with Crippen LogP contribution in [-0.2, 0) is 21.4 Å². The van der Waals surface area contributed by atoms with Crippen molar-refractivity contribution in [3.63, 3.8) is 0 Å². The van der Waals surface area contributed by atoms with Gasteiger partial charge in [-0.15, -0.1) is 5.10 Å². The number of tetrazole rings is 1. The number of piperazine rings is 1. The van der Waals surface area contributed by atoms with Gasteiger partial charge in [-0.3, -0.25) is 4.79 Å². The molecular formula is C19H25FN6O3S. The van der Waals surface area contributed by atoms with Crippen LogP contribution in [0.25, 0.3) is 0 Å². The molecule has 1 aliphatic carbocycles. The first-order chi connectivity index (χ1) is 14.4. The number of hydrogen-bond donors (Lipinski definition) is 0. The summed E-state index contributed by atoms with van der Waals surface area (Å²) in [5, 5.41) is 11.2. The zero-order valence-corrected chi connectivity index (χ0v) is 17.4. The Kier molecular flexibility index (Phi) is 6.09. The zero-order chi connectivity index (χ0) is 21.1. The Labute approximate surface area is 174 Å². The van der Waals surface area contributed by atoms with Gasteiger partial charge in [0.1, 0.15) is 12.1 Å². The molecule has 1 aromatic carbocycles. The van der Waals surface area contributed by atoms with Crippen molar-refractivity contribution in [3.05, 3.63) is 36.4 Å². The van der Waals surface area contributed by atoms with Gasteiger partial charge in [-0.05, 0) is 66.3 Å². The topological polar surface area (TPSA) is 101 Å². The molecule has 1 saturated carbocycles. The molecule has 0 bridgehead atoms. The highest BCUT2D eigenvalue weighted by atomic mass is 32.2. The lowest BCUT2D eigenvalue weighted by Crippen LogP contribution is -2.52. The van der Waals surface area contributed by atoms with Crippen LogP contribution in [0.3, 0.4) is 0 Å². The zero-order valence-electron chi connectivity index (χ0n) is 16.6. The van der Waals surface area contributed by atoms with Crippen LogP contribution in [0.5, 0.6) is 0 Å². The molecule has 1 saturated heterocycles. The van der Waals surface area contributed by atoms with E-state index in [1.807, 2.05) is 0 Å². The van der Waals surface area contributed by atoms with Crippen molar-refractivity contribution in [3.8, 4) is 0 Å². The van der Waals surface area contributed by atoms with Gasteiger partial charge in [0, 0.05) is 38.6 Å². The highest BCUT2D eigenvalue weighted by Crippen LogP contribution is 2.31. The van der Waals surface area contributed by atoms with Gasteiger partial charge in [0.25, 0.3) is 0 Å². The molecule has 0 spiro atoms. The molecule has 2 heterocycles. The monoisotopic (exact) mass is 436 g/mol. The van der Waals surface area contributed by atoms with E-state index in [1.54, 1.807) is 15.9 Å². The number of hydrogen-bond acceptors (Lipinski definition) is 6. The van der Waals surface area contributed by atoms with Crippen molar-refractivity contribution in [1.82, 2.24) is 29.4 Å². The van der Waals surface area contributed by atoms with Gasteiger partial charge in [0.2, 0.25) is 15.9 Å². The van der Waals surface area contributed by atoms with E-state index >= 15 is 0 Å². The van der Waals surface area contributed by atoms with Gasteiger partial charge in [-0.25, -0.2) is 17.5 Å². The first-order valence-corrected chi connectivity index (χ1v) is 11.6. The van der Waals surface area contributed by atoms with Gasteiger partial charge in [0.15, 0.2) is 0 Å². The minimum Gasteiger partial charge on any atom is -0.340 e. The molecule has 1 aromatic heterocycles. The number of carbonyl (C=O) groups is 1. The maximum absolute atomic E-state index is 13.1. The second-order valence-corrected chi connectivity index (χ2v) is 9.87. The molecule has 2 aromatic rings. The molecule has 1 aliphatic heterocycles. The predicted octanol–water partition coefficient (Wildman–Crippen LogP) is 1.15. The van der Waals surface area contributed by atoms with Crippen LogP contribution in [0, 0.1) is 17.7 Å². The van der Waals surface area contributed by atoms with Crippen molar-refractivity contribution >= 4 is 15.9 Å². The summed E-state index contributed by atoms with van der Waals surface area (Å²) in [6.07, 6.45) is 5.18. The second kappa shape index (κ2) is 8.76. The van der Waals surface area contributed by atoms with Crippen LogP contribution in [0.1, 0.15) is 25.7 Å². The minimum atomic E-state index is -3.67. The Hall–Kier alpha value is -2.40. The van der Waals surface area contributed by atoms with E-state index in [-0.39, 0.29) is 29.8 Å². The van der Waals surface area contributed by atoms with Crippen LogP contribution < -0.4 is 0 Å². The summed E-state index contributed by atoms with van der Waals surface area (Å²) in [5.41, 5.74) is 0. The van der Waals surface area contributed by atoms with Crippen molar-refractivity contribution in [1.29, 1.82) is 0 Å². The molecule has 30 heavy (non-hydrogen) atoms. The Morgan fingerprint density at radius 2 is 1.70 bits per heavy atom. The third-order valence-electron chi connectivity index (χ3n) is 6.03. The summed E-state index contributed by atoms with van der Waals surface area (Å²) in [4.78, 5) is 14.8. The van der Waals surface area contributed by atoms with E-state index in [9.17, 15) is 17.6 Å². The third-order valence-corrected chi connectivity index (χ3v) is 7.95. The Morgan fingerprint density at radius 3 is 2.30 bits per heavy atom. The maximum atomic E-state index is 13.1. The molecular weight excluding hydrogens is 411 g/mol. The molecule has 11 heteroatoms. The third kappa shape index (κ3) is 4.51. The molecule has 1 amide bonds. The number of nitrogens with zero attached hydrogens (tertiary/aromatic N) is 6. The lowest BCUT2D eigenvalue weighted by molar-refractivity contribution is -0.138. The summed E-state index contributed by atoms with van der Waals surface area (Å²) in [7, 11) is -3.67. The van der Waals surface area contributed by atoms with E-state index in [0.29, 0.717) is 19.0 Å². The predicted molar refractivity (Wildman–Crippen MR) is 105 cm³/mol. The second-order valence-electron chi connectivity index (χ2n) is 7.93. The summed E-state index contributed by atoms with van der Waals surface area (Å²) in [5.74, 6) is 0.109.